The summed E-state index contributed by atoms with van der Waals surface area (Å²) in [6, 6.07) is 27.3. The molecule has 27 heavy (non-hydrogen) atoms. The maximum atomic E-state index is 6.91. The topological polar surface area (TPSA) is 9.23 Å². The molecule has 3 aromatic carbocycles. The molecule has 4 heteroatoms. The first kappa shape index (κ1) is 20.3. The lowest BCUT2D eigenvalue weighted by Gasteiger charge is -2.43. The van der Waals surface area contributed by atoms with E-state index in [1.807, 2.05) is 18.2 Å². The molecule has 3 rings (SSSR count). The molecule has 0 N–H and O–H groups in total. The number of benzene rings is 3. The summed E-state index contributed by atoms with van der Waals surface area (Å²) in [6.45, 7) is 7.33. The van der Waals surface area contributed by atoms with Crippen molar-refractivity contribution in [1.82, 2.24) is 0 Å². The molecule has 0 atom stereocenters. The molecule has 0 spiro atoms. The number of rotatable bonds is 5. The minimum absolute atomic E-state index is 0.0441. The Bertz CT molecular complexity index is 852. The number of hydrogen-bond donors (Lipinski definition) is 0. The van der Waals surface area contributed by atoms with Gasteiger partial charge in [-0.1, -0.05) is 115 Å². The fraction of sp³-hybridized carbons (Fsp3) is 0.217. The first-order valence-corrected chi connectivity index (χ1v) is 12.1. The lowest BCUT2D eigenvalue weighted by molar-refractivity contribution is 0.286. The van der Waals surface area contributed by atoms with Gasteiger partial charge in [-0.2, -0.15) is 0 Å². The summed E-state index contributed by atoms with van der Waals surface area (Å²) < 4.78 is 7.89. The number of hydrogen-bond acceptors (Lipinski definition) is 1. The molecular weight excluding hydrogens is 436 g/mol. The van der Waals surface area contributed by atoms with Crippen molar-refractivity contribution in [3.63, 3.8) is 0 Å². The van der Waals surface area contributed by atoms with E-state index in [0.717, 1.165) is 15.1 Å². The van der Waals surface area contributed by atoms with Gasteiger partial charge >= 0.3 is 0 Å². The predicted molar refractivity (Wildman–Crippen MR) is 122 cm³/mol. The van der Waals surface area contributed by atoms with Gasteiger partial charge in [-0.25, -0.2) is 0 Å². The van der Waals surface area contributed by atoms with Crippen LogP contribution in [0.1, 0.15) is 26.3 Å². The van der Waals surface area contributed by atoms with Crippen LogP contribution in [0.2, 0.25) is 10.1 Å². The van der Waals surface area contributed by atoms with E-state index in [9.17, 15) is 0 Å². The Labute approximate surface area is 176 Å². The Hall–Kier alpha value is -1.39. The van der Waals surface area contributed by atoms with Crippen LogP contribution in [0.4, 0.5) is 0 Å². The molecule has 0 saturated carbocycles. The summed E-state index contributed by atoms with van der Waals surface area (Å²) in [4.78, 5) is 0. The van der Waals surface area contributed by atoms with Crippen LogP contribution in [0.15, 0.2) is 83.3 Å². The fourth-order valence-electron chi connectivity index (χ4n) is 3.59. The van der Waals surface area contributed by atoms with Crippen LogP contribution in [0, 0.1) is 0 Å². The van der Waals surface area contributed by atoms with Gasteiger partial charge in [-0.15, -0.1) is 0 Å². The molecular formula is C23H24BrClOSi. The van der Waals surface area contributed by atoms with E-state index >= 15 is 0 Å². The van der Waals surface area contributed by atoms with E-state index in [2.05, 4.69) is 97.4 Å². The van der Waals surface area contributed by atoms with Crippen molar-refractivity contribution < 1.29 is 4.43 Å². The Morgan fingerprint density at radius 2 is 1.37 bits per heavy atom. The normalized spacial score (nSPS) is 12.2. The van der Waals surface area contributed by atoms with Gasteiger partial charge in [0.15, 0.2) is 0 Å². The highest BCUT2D eigenvalue weighted by molar-refractivity contribution is 9.10. The van der Waals surface area contributed by atoms with Gasteiger partial charge in [-0.05, 0) is 33.1 Å². The second kappa shape index (κ2) is 8.32. The average Bonchev–Trinajstić information content (AvgIpc) is 2.64. The Morgan fingerprint density at radius 3 is 1.81 bits per heavy atom. The first-order valence-electron chi connectivity index (χ1n) is 9.03. The molecule has 0 aromatic heterocycles. The van der Waals surface area contributed by atoms with Crippen molar-refractivity contribution in [2.75, 3.05) is 0 Å². The van der Waals surface area contributed by atoms with Crippen molar-refractivity contribution in [3.8, 4) is 0 Å². The third-order valence-corrected chi connectivity index (χ3v) is 10.7. The first-order chi connectivity index (χ1) is 12.8. The van der Waals surface area contributed by atoms with E-state index in [-0.39, 0.29) is 5.04 Å². The Balaban J connectivity index is 2.12. The monoisotopic (exact) mass is 458 g/mol. The van der Waals surface area contributed by atoms with Crippen LogP contribution >= 0.6 is 27.5 Å². The largest absolute Gasteiger partial charge is 0.403 e. The van der Waals surface area contributed by atoms with Crippen molar-refractivity contribution in [3.05, 3.63) is 93.9 Å². The van der Waals surface area contributed by atoms with Crippen LogP contribution in [-0.2, 0) is 11.0 Å². The van der Waals surface area contributed by atoms with Gasteiger partial charge in [0.1, 0.15) is 0 Å². The smallest absolute Gasteiger partial charge is 0.261 e. The maximum absolute atomic E-state index is 6.91. The molecule has 0 saturated heterocycles. The molecule has 0 aliphatic heterocycles. The van der Waals surface area contributed by atoms with Crippen LogP contribution in [0.5, 0.6) is 0 Å². The summed E-state index contributed by atoms with van der Waals surface area (Å²) in [7, 11) is -2.54. The standard InChI is InChI=1S/C23H24BrClOSi/c1-23(2,3)27(20-10-6-4-7-11-20,21-12-8-5-9-13-21)26-17-18-14-15-19(24)16-22(18)25/h4-16H,17H2,1-3H3. The molecule has 0 radical (unpaired) electrons. The molecule has 0 heterocycles. The fourth-order valence-corrected chi connectivity index (χ4v) is 8.84. The summed E-state index contributed by atoms with van der Waals surface area (Å²) in [5.74, 6) is 0. The van der Waals surface area contributed by atoms with Gasteiger partial charge in [0, 0.05) is 9.50 Å². The highest BCUT2D eigenvalue weighted by Crippen LogP contribution is 2.37. The predicted octanol–water partition coefficient (Wildman–Crippen LogP) is 6.18. The van der Waals surface area contributed by atoms with Crippen molar-refractivity contribution in [2.45, 2.75) is 32.4 Å². The van der Waals surface area contributed by atoms with Crippen LogP contribution in [0.3, 0.4) is 0 Å². The van der Waals surface area contributed by atoms with Crippen LogP contribution in [-0.4, -0.2) is 8.32 Å². The van der Waals surface area contributed by atoms with Gasteiger partial charge in [0.2, 0.25) is 0 Å². The Morgan fingerprint density at radius 1 is 0.852 bits per heavy atom. The molecule has 140 valence electrons. The summed E-state index contributed by atoms with van der Waals surface area (Å²) in [5.41, 5.74) is 1.01. The molecule has 1 nitrogen and oxygen atoms in total. The van der Waals surface area contributed by atoms with E-state index in [0.29, 0.717) is 6.61 Å². The van der Waals surface area contributed by atoms with Gasteiger partial charge in [0.25, 0.3) is 8.32 Å². The SMILES string of the molecule is CC(C)(C)[Si](OCc1ccc(Br)cc1Cl)(c1ccccc1)c1ccccc1. The highest BCUT2D eigenvalue weighted by atomic mass is 79.9. The van der Waals surface area contributed by atoms with E-state index in [4.69, 9.17) is 16.0 Å². The summed E-state index contributed by atoms with van der Waals surface area (Å²) in [6.07, 6.45) is 0. The zero-order valence-corrected chi connectivity index (χ0v) is 19.2. The van der Waals surface area contributed by atoms with Crippen molar-refractivity contribution in [1.29, 1.82) is 0 Å². The van der Waals surface area contributed by atoms with E-state index < -0.39 is 8.32 Å². The molecule has 0 fully saturated rings. The molecule has 3 aromatic rings. The zero-order chi connectivity index (χ0) is 19.5. The van der Waals surface area contributed by atoms with Crippen LogP contribution in [0.25, 0.3) is 0 Å². The lowest BCUT2D eigenvalue weighted by Crippen LogP contribution is -2.66. The quantitative estimate of drug-likeness (QED) is 0.414. The molecule has 0 unspecified atom stereocenters. The molecule has 0 amide bonds. The zero-order valence-electron chi connectivity index (χ0n) is 15.9. The third-order valence-electron chi connectivity index (χ3n) is 4.88. The van der Waals surface area contributed by atoms with E-state index in [1.165, 1.54) is 10.4 Å². The average molecular weight is 460 g/mol. The third kappa shape index (κ3) is 4.22. The second-order valence-electron chi connectivity index (χ2n) is 7.69. The number of halogens is 2. The van der Waals surface area contributed by atoms with Crippen molar-refractivity contribution in [2.24, 2.45) is 0 Å². The molecule has 0 aliphatic rings. The highest BCUT2D eigenvalue weighted by Gasteiger charge is 2.50. The van der Waals surface area contributed by atoms with Gasteiger partial charge in [-0.3, -0.25) is 0 Å². The second-order valence-corrected chi connectivity index (χ2v) is 13.3. The lowest BCUT2D eigenvalue weighted by atomic mass is 10.2. The van der Waals surface area contributed by atoms with Gasteiger partial charge < -0.3 is 4.43 Å². The molecule has 0 aliphatic carbocycles. The molecule has 0 bridgehead atoms. The van der Waals surface area contributed by atoms with Crippen LogP contribution < -0.4 is 10.4 Å². The van der Waals surface area contributed by atoms with Gasteiger partial charge in [0.05, 0.1) is 6.61 Å². The minimum Gasteiger partial charge on any atom is -0.403 e. The Kier molecular flexibility index (Phi) is 6.27. The summed E-state index contributed by atoms with van der Waals surface area (Å²) in [5, 5.41) is 3.23. The summed E-state index contributed by atoms with van der Waals surface area (Å²) >= 11 is 9.95. The minimum atomic E-state index is -2.54. The van der Waals surface area contributed by atoms with E-state index in [1.54, 1.807) is 0 Å². The maximum Gasteiger partial charge on any atom is 0.261 e. The van der Waals surface area contributed by atoms with Crippen molar-refractivity contribution >= 4 is 46.2 Å².